The minimum Gasteiger partial charge on any atom is -0.491 e. The number of hydrogen-bond donors (Lipinski definition) is 1. The Labute approximate surface area is 219 Å². The average molecular weight is 516 g/mol. The van der Waals surface area contributed by atoms with Crippen LogP contribution in [0.1, 0.15) is 31.9 Å². The molecule has 200 valence electrons. The number of benzene rings is 2. The van der Waals surface area contributed by atoms with Crippen LogP contribution in [0, 0.1) is 0 Å². The second-order valence-electron chi connectivity index (χ2n) is 10.1. The molecule has 0 aliphatic rings. The van der Waals surface area contributed by atoms with E-state index in [0.29, 0.717) is 52.9 Å². The summed E-state index contributed by atoms with van der Waals surface area (Å²) >= 11 is 0. The molecule has 0 unspecified atom stereocenters. The Bertz CT molecular complexity index is 876. The lowest BCUT2D eigenvalue weighted by Gasteiger charge is -2.36. The second kappa shape index (κ2) is 15.8. The Kier molecular flexibility index (Phi) is 13.2. The lowest BCUT2D eigenvalue weighted by molar-refractivity contribution is 0.00431. The summed E-state index contributed by atoms with van der Waals surface area (Å²) in [5.74, 6) is 0.833. The summed E-state index contributed by atoms with van der Waals surface area (Å²) in [5, 5.41) is 3.35. The molecule has 0 aliphatic heterocycles. The van der Waals surface area contributed by atoms with Crippen molar-refractivity contribution in [1.82, 2.24) is 0 Å². The number of rotatable bonds is 17. The summed E-state index contributed by atoms with van der Waals surface area (Å²) in [6, 6.07) is 16.3. The molecule has 0 aliphatic carbocycles. The molecule has 0 amide bonds. The van der Waals surface area contributed by atoms with Crippen molar-refractivity contribution in [3.05, 3.63) is 59.7 Å². The highest BCUT2D eigenvalue weighted by atomic mass is 28.4. The monoisotopic (exact) mass is 515 g/mol. The number of anilines is 1. The molecule has 0 saturated carbocycles. The fourth-order valence-electron chi connectivity index (χ4n) is 2.96. The summed E-state index contributed by atoms with van der Waals surface area (Å²) in [5.41, 5.74) is 3.39. The summed E-state index contributed by atoms with van der Waals surface area (Å²) < 4.78 is 28.6. The van der Waals surface area contributed by atoms with Crippen molar-refractivity contribution in [2.45, 2.75) is 38.9 Å². The van der Waals surface area contributed by atoms with E-state index in [-0.39, 0.29) is 5.04 Å². The van der Waals surface area contributed by atoms with E-state index in [1.54, 1.807) is 0 Å². The van der Waals surface area contributed by atoms with Gasteiger partial charge < -0.3 is 28.7 Å². The third-order valence-corrected chi connectivity index (χ3v) is 10.8. The molecule has 0 saturated heterocycles. The molecular weight excluding hydrogens is 470 g/mol. The predicted molar refractivity (Wildman–Crippen MR) is 152 cm³/mol. The molecule has 2 aromatic rings. The SMILES string of the molecule is CNc1ccc(C=Cc2ccc(OCCOCCOCCOCCO[Si](C)(C)C(C)(C)C)cc2)cc1. The topological polar surface area (TPSA) is 58.2 Å². The molecule has 0 bridgehead atoms. The molecule has 0 radical (unpaired) electrons. The fraction of sp³-hybridized carbons (Fsp3) is 0.517. The molecule has 7 heteroatoms. The van der Waals surface area contributed by atoms with E-state index in [9.17, 15) is 0 Å². The third-order valence-electron chi connectivity index (χ3n) is 6.28. The lowest BCUT2D eigenvalue weighted by atomic mass is 10.1. The van der Waals surface area contributed by atoms with Crippen LogP contribution < -0.4 is 10.1 Å². The summed E-state index contributed by atoms with van der Waals surface area (Å²) in [4.78, 5) is 0. The van der Waals surface area contributed by atoms with Gasteiger partial charge in [0, 0.05) is 12.7 Å². The molecule has 0 aromatic heterocycles. The first kappa shape index (κ1) is 30.1. The zero-order valence-corrected chi connectivity index (χ0v) is 24.0. The maximum absolute atomic E-state index is 6.08. The van der Waals surface area contributed by atoms with Crippen LogP contribution in [0.15, 0.2) is 48.5 Å². The second-order valence-corrected chi connectivity index (χ2v) is 14.9. The quantitative estimate of drug-likeness (QED) is 0.151. The van der Waals surface area contributed by atoms with Crippen molar-refractivity contribution in [2.24, 2.45) is 0 Å². The Morgan fingerprint density at radius 2 is 1.11 bits per heavy atom. The van der Waals surface area contributed by atoms with Gasteiger partial charge in [-0.05, 0) is 53.5 Å². The van der Waals surface area contributed by atoms with Gasteiger partial charge in [0.05, 0.1) is 46.2 Å². The van der Waals surface area contributed by atoms with Gasteiger partial charge in [-0.1, -0.05) is 57.2 Å². The highest BCUT2D eigenvalue weighted by molar-refractivity contribution is 6.74. The smallest absolute Gasteiger partial charge is 0.192 e. The molecular formula is C29H45NO5Si. The fourth-order valence-corrected chi connectivity index (χ4v) is 3.99. The van der Waals surface area contributed by atoms with Gasteiger partial charge in [0.15, 0.2) is 8.32 Å². The number of ether oxygens (including phenoxy) is 4. The largest absolute Gasteiger partial charge is 0.491 e. The first-order valence-electron chi connectivity index (χ1n) is 12.8. The molecule has 1 N–H and O–H groups in total. The molecule has 0 atom stereocenters. The Balaban J connectivity index is 1.45. The third kappa shape index (κ3) is 11.7. The van der Waals surface area contributed by atoms with E-state index in [1.807, 2.05) is 31.3 Å². The van der Waals surface area contributed by atoms with Gasteiger partial charge in [-0.2, -0.15) is 0 Å². The maximum Gasteiger partial charge on any atom is 0.192 e. The first-order valence-corrected chi connectivity index (χ1v) is 15.7. The van der Waals surface area contributed by atoms with E-state index in [4.69, 9.17) is 23.4 Å². The molecule has 6 nitrogen and oxygen atoms in total. The molecule has 0 heterocycles. The molecule has 0 fully saturated rings. The summed E-state index contributed by atoms with van der Waals surface area (Å²) in [7, 11) is 0.232. The van der Waals surface area contributed by atoms with Gasteiger partial charge in [-0.3, -0.25) is 0 Å². The van der Waals surface area contributed by atoms with Gasteiger partial charge in [0.2, 0.25) is 0 Å². The Hall–Kier alpha value is -2.16. The molecule has 36 heavy (non-hydrogen) atoms. The number of nitrogens with one attached hydrogen (secondary N) is 1. The highest BCUT2D eigenvalue weighted by Gasteiger charge is 2.36. The zero-order chi connectivity index (χ0) is 26.3. The van der Waals surface area contributed by atoms with Gasteiger partial charge in [0.25, 0.3) is 0 Å². The summed E-state index contributed by atoms with van der Waals surface area (Å²) in [6.45, 7) is 15.7. The minimum absolute atomic E-state index is 0.226. The normalized spacial score (nSPS) is 12.3. The average Bonchev–Trinajstić information content (AvgIpc) is 2.86. The van der Waals surface area contributed by atoms with E-state index < -0.39 is 8.32 Å². The van der Waals surface area contributed by atoms with Gasteiger partial charge in [0.1, 0.15) is 12.4 Å². The minimum atomic E-state index is -1.69. The lowest BCUT2D eigenvalue weighted by Crippen LogP contribution is -2.41. The van der Waals surface area contributed by atoms with E-state index in [2.05, 4.69) is 75.6 Å². The number of hydrogen-bond acceptors (Lipinski definition) is 6. The van der Waals surface area contributed by atoms with E-state index in [1.165, 1.54) is 0 Å². The van der Waals surface area contributed by atoms with Crippen molar-refractivity contribution in [3.8, 4) is 5.75 Å². The zero-order valence-electron chi connectivity index (χ0n) is 23.0. The standard InChI is InChI=1S/C29H45NO5Si/c1-29(2,3)36(5,6)35-24-22-33-20-18-31-17-19-32-21-23-34-28-15-11-26(12-16-28)8-7-25-9-13-27(30-4)14-10-25/h7-16,30H,17-24H2,1-6H3. The van der Waals surface area contributed by atoms with Crippen LogP contribution in [0.25, 0.3) is 12.2 Å². The molecule has 0 spiro atoms. The first-order chi connectivity index (χ1) is 17.2. The van der Waals surface area contributed by atoms with Crippen molar-refractivity contribution in [2.75, 3.05) is 65.2 Å². The van der Waals surface area contributed by atoms with Gasteiger partial charge in [-0.25, -0.2) is 0 Å². The van der Waals surface area contributed by atoms with Gasteiger partial charge in [-0.15, -0.1) is 0 Å². The van der Waals surface area contributed by atoms with Crippen LogP contribution in [-0.4, -0.2) is 68.2 Å². The Morgan fingerprint density at radius 3 is 1.58 bits per heavy atom. The van der Waals surface area contributed by atoms with Crippen LogP contribution in [0.3, 0.4) is 0 Å². The van der Waals surface area contributed by atoms with Crippen molar-refractivity contribution in [3.63, 3.8) is 0 Å². The van der Waals surface area contributed by atoms with Crippen LogP contribution in [0.2, 0.25) is 18.1 Å². The maximum atomic E-state index is 6.08. The molecule has 2 rings (SSSR count). The predicted octanol–water partition coefficient (Wildman–Crippen LogP) is 6.35. The molecule has 2 aromatic carbocycles. The van der Waals surface area contributed by atoms with E-state index >= 15 is 0 Å². The summed E-state index contributed by atoms with van der Waals surface area (Å²) in [6.07, 6.45) is 4.19. The Morgan fingerprint density at radius 1 is 0.667 bits per heavy atom. The van der Waals surface area contributed by atoms with Crippen LogP contribution >= 0.6 is 0 Å². The van der Waals surface area contributed by atoms with Crippen molar-refractivity contribution >= 4 is 26.2 Å². The highest BCUT2D eigenvalue weighted by Crippen LogP contribution is 2.36. The van der Waals surface area contributed by atoms with Crippen molar-refractivity contribution in [1.29, 1.82) is 0 Å². The van der Waals surface area contributed by atoms with Crippen LogP contribution in [0.5, 0.6) is 5.75 Å². The van der Waals surface area contributed by atoms with Gasteiger partial charge >= 0.3 is 0 Å². The van der Waals surface area contributed by atoms with Crippen LogP contribution in [0.4, 0.5) is 5.69 Å². The van der Waals surface area contributed by atoms with Crippen molar-refractivity contribution < 1.29 is 23.4 Å². The van der Waals surface area contributed by atoms with E-state index in [0.717, 1.165) is 22.6 Å². The van der Waals surface area contributed by atoms with Crippen LogP contribution in [-0.2, 0) is 18.6 Å².